The van der Waals surface area contributed by atoms with E-state index in [1.54, 1.807) is 0 Å². The third-order valence-electron chi connectivity index (χ3n) is 0.439. The number of carbonyl (C=O) groups excluding carboxylic acids is 1. The Kier molecular flexibility index (Phi) is 9.68. The van der Waals surface area contributed by atoms with Gasteiger partial charge in [0.25, 0.3) is 5.97 Å². The first-order valence-corrected chi connectivity index (χ1v) is 2.75. The zero-order chi connectivity index (χ0) is 9.28. The molecule has 0 saturated carbocycles. The predicted molar refractivity (Wildman–Crippen MR) is 38.7 cm³/mol. The number of aliphatic hydroxyl groups is 1. The molecule has 0 fully saturated rings. The second-order valence-electron chi connectivity index (χ2n) is 1.42. The second kappa shape index (κ2) is 8.64. The molecular formula is C6H11NO4. The van der Waals surface area contributed by atoms with E-state index in [1.807, 2.05) is 0 Å². The second-order valence-corrected chi connectivity index (χ2v) is 1.42. The van der Waals surface area contributed by atoms with Gasteiger partial charge < -0.3 is 15.5 Å². The maximum atomic E-state index is 10.0. The van der Waals surface area contributed by atoms with Gasteiger partial charge in [0.15, 0.2) is 0 Å². The number of carboxylic acid groups (broad SMARTS) is 1. The van der Waals surface area contributed by atoms with Gasteiger partial charge in [-0.15, -0.1) is 0 Å². The van der Waals surface area contributed by atoms with Gasteiger partial charge in [-0.2, -0.15) is 0 Å². The summed E-state index contributed by atoms with van der Waals surface area (Å²) in [6, 6.07) is 0. The van der Waals surface area contributed by atoms with Gasteiger partial charge in [0.2, 0.25) is 5.91 Å². The largest absolute Gasteiger partial charge is 0.481 e. The van der Waals surface area contributed by atoms with Crippen LogP contribution in [-0.4, -0.2) is 28.8 Å². The van der Waals surface area contributed by atoms with Crippen LogP contribution in [-0.2, 0) is 9.59 Å². The van der Waals surface area contributed by atoms with E-state index in [-0.39, 0.29) is 12.6 Å². The van der Waals surface area contributed by atoms with E-state index < -0.39 is 5.97 Å². The lowest BCUT2D eigenvalue weighted by atomic mass is 10.6. The summed E-state index contributed by atoms with van der Waals surface area (Å²) in [5.41, 5.74) is 0. The number of carbonyl (C=O) groups is 2. The predicted octanol–water partition coefficient (Wildman–Crippen LogP) is -0.671. The topological polar surface area (TPSA) is 86.6 Å². The molecule has 64 valence electrons. The number of rotatable bonds is 2. The monoisotopic (exact) mass is 161 g/mol. The first-order valence-electron chi connectivity index (χ1n) is 2.75. The van der Waals surface area contributed by atoms with E-state index >= 15 is 0 Å². The lowest BCUT2D eigenvalue weighted by molar-refractivity contribution is -0.134. The van der Waals surface area contributed by atoms with E-state index in [4.69, 9.17) is 15.0 Å². The fourth-order valence-electron chi connectivity index (χ4n) is 0.150. The molecule has 0 bridgehead atoms. The van der Waals surface area contributed by atoms with Gasteiger partial charge in [-0.25, -0.2) is 0 Å². The van der Waals surface area contributed by atoms with Gasteiger partial charge in [0, 0.05) is 6.92 Å². The van der Waals surface area contributed by atoms with Crippen LogP contribution in [0.15, 0.2) is 12.7 Å². The highest BCUT2D eigenvalue weighted by molar-refractivity contribution is 5.86. The van der Waals surface area contributed by atoms with E-state index in [1.165, 1.54) is 0 Å². The highest BCUT2D eigenvalue weighted by Gasteiger charge is 1.84. The third-order valence-corrected chi connectivity index (χ3v) is 0.439. The van der Waals surface area contributed by atoms with Crippen molar-refractivity contribution in [2.75, 3.05) is 6.73 Å². The molecule has 0 rings (SSSR count). The number of amides is 1. The molecule has 0 saturated heterocycles. The fraction of sp³-hybridized carbons (Fsp3) is 0.333. The molecule has 0 aromatic heterocycles. The molecule has 0 aliphatic rings. The van der Waals surface area contributed by atoms with E-state index in [2.05, 4.69) is 11.9 Å². The Morgan fingerprint density at radius 2 is 2.00 bits per heavy atom. The van der Waals surface area contributed by atoms with Crippen molar-refractivity contribution in [2.45, 2.75) is 6.92 Å². The highest BCUT2D eigenvalue weighted by Crippen LogP contribution is 1.59. The van der Waals surface area contributed by atoms with E-state index in [0.29, 0.717) is 0 Å². The molecule has 0 heterocycles. The van der Waals surface area contributed by atoms with Crippen LogP contribution in [0.5, 0.6) is 0 Å². The van der Waals surface area contributed by atoms with E-state index in [9.17, 15) is 4.79 Å². The first-order chi connectivity index (χ1) is 5.04. The fourth-order valence-corrected chi connectivity index (χ4v) is 0.150. The molecule has 0 unspecified atom stereocenters. The number of aliphatic carboxylic acids is 1. The minimum Gasteiger partial charge on any atom is -0.481 e. The van der Waals surface area contributed by atoms with Crippen LogP contribution in [0.2, 0.25) is 0 Å². The Morgan fingerprint density at radius 3 is 2.09 bits per heavy atom. The van der Waals surface area contributed by atoms with Crippen molar-refractivity contribution in [3.8, 4) is 0 Å². The van der Waals surface area contributed by atoms with Gasteiger partial charge >= 0.3 is 0 Å². The summed E-state index contributed by atoms with van der Waals surface area (Å²) in [5.74, 6) is -1.19. The van der Waals surface area contributed by atoms with Crippen molar-refractivity contribution in [3.63, 3.8) is 0 Å². The minimum atomic E-state index is -0.833. The van der Waals surface area contributed by atoms with Crippen LogP contribution in [0.1, 0.15) is 6.92 Å². The molecule has 0 radical (unpaired) electrons. The van der Waals surface area contributed by atoms with Crippen molar-refractivity contribution in [1.29, 1.82) is 0 Å². The number of aliphatic hydroxyl groups excluding tert-OH is 1. The van der Waals surface area contributed by atoms with Crippen molar-refractivity contribution < 1.29 is 19.8 Å². The van der Waals surface area contributed by atoms with Gasteiger partial charge in [-0.1, -0.05) is 6.58 Å². The van der Waals surface area contributed by atoms with Crippen molar-refractivity contribution in [1.82, 2.24) is 5.32 Å². The first kappa shape index (κ1) is 12.3. The Morgan fingerprint density at radius 1 is 1.64 bits per heavy atom. The SMILES string of the molecule is C=CC(=O)NCO.CC(=O)O. The number of hydrogen-bond donors (Lipinski definition) is 3. The summed E-state index contributed by atoms with van der Waals surface area (Å²) >= 11 is 0. The van der Waals surface area contributed by atoms with Gasteiger partial charge in [-0.3, -0.25) is 9.59 Å². The summed E-state index contributed by atoms with van der Waals surface area (Å²) in [7, 11) is 0. The summed E-state index contributed by atoms with van der Waals surface area (Å²) in [5, 5.41) is 17.5. The van der Waals surface area contributed by atoms with Gasteiger partial charge in [0.05, 0.1) is 0 Å². The molecule has 5 heteroatoms. The average molecular weight is 161 g/mol. The van der Waals surface area contributed by atoms with Crippen LogP contribution in [0, 0.1) is 0 Å². The van der Waals surface area contributed by atoms with Gasteiger partial charge in [0.1, 0.15) is 6.73 Å². The quantitative estimate of drug-likeness (QED) is 0.370. The molecule has 3 N–H and O–H groups in total. The average Bonchev–Trinajstić information content (AvgIpc) is 1.87. The van der Waals surface area contributed by atoms with Crippen molar-refractivity contribution >= 4 is 11.9 Å². The smallest absolute Gasteiger partial charge is 0.300 e. The normalized spacial score (nSPS) is 7.09. The Labute approximate surface area is 64.3 Å². The third kappa shape index (κ3) is 28.8. The maximum Gasteiger partial charge on any atom is 0.300 e. The van der Waals surface area contributed by atoms with Gasteiger partial charge in [-0.05, 0) is 6.08 Å². The van der Waals surface area contributed by atoms with Crippen LogP contribution in [0.25, 0.3) is 0 Å². The maximum absolute atomic E-state index is 10.0. The molecular weight excluding hydrogens is 150 g/mol. The zero-order valence-corrected chi connectivity index (χ0v) is 6.20. The Balaban J connectivity index is 0. The minimum absolute atomic E-state index is 0.329. The van der Waals surface area contributed by atoms with Crippen LogP contribution in [0.4, 0.5) is 0 Å². The van der Waals surface area contributed by atoms with Crippen LogP contribution >= 0.6 is 0 Å². The summed E-state index contributed by atoms with van der Waals surface area (Å²) in [4.78, 5) is 19.0. The lowest BCUT2D eigenvalue weighted by Crippen LogP contribution is -2.20. The molecule has 0 aliphatic carbocycles. The van der Waals surface area contributed by atoms with Crippen LogP contribution < -0.4 is 5.32 Å². The number of carboxylic acids is 1. The Hall–Kier alpha value is -1.36. The molecule has 11 heavy (non-hydrogen) atoms. The molecule has 1 amide bonds. The van der Waals surface area contributed by atoms with Crippen LogP contribution in [0.3, 0.4) is 0 Å². The summed E-state index contributed by atoms with van der Waals surface area (Å²) < 4.78 is 0. The highest BCUT2D eigenvalue weighted by atomic mass is 16.4. The van der Waals surface area contributed by atoms with Crippen molar-refractivity contribution in [2.24, 2.45) is 0 Å². The summed E-state index contributed by atoms with van der Waals surface area (Å²) in [6.45, 7) is 3.91. The molecule has 0 atom stereocenters. The molecule has 0 aliphatic heterocycles. The standard InChI is InChI=1S/C4H7NO2.C2H4O2/c1-2-4(7)5-3-6;1-2(3)4/h2,6H,1,3H2,(H,5,7);1H3,(H,3,4). The van der Waals surface area contributed by atoms with Crippen molar-refractivity contribution in [3.05, 3.63) is 12.7 Å². The number of hydrogen-bond acceptors (Lipinski definition) is 3. The molecule has 0 aromatic carbocycles. The molecule has 0 aromatic rings. The molecule has 5 nitrogen and oxygen atoms in total. The summed E-state index contributed by atoms with van der Waals surface area (Å²) in [6.07, 6.45) is 1.09. The van der Waals surface area contributed by atoms with E-state index in [0.717, 1.165) is 13.0 Å². The lowest BCUT2D eigenvalue weighted by Gasteiger charge is -1.89. The Bertz CT molecular complexity index is 140. The molecule has 0 spiro atoms. The zero-order valence-electron chi connectivity index (χ0n) is 6.20. The number of nitrogens with one attached hydrogen (secondary N) is 1.